The average molecular weight is 361 g/mol. The highest BCUT2D eigenvalue weighted by atomic mass is 32.2. The molecule has 25 heavy (non-hydrogen) atoms. The Labute approximate surface area is 162 Å². The summed E-state index contributed by atoms with van der Waals surface area (Å²) in [5, 5.41) is 0.772. The van der Waals surface area contributed by atoms with Crippen LogP contribution in [0.25, 0.3) is 0 Å². The van der Waals surface area contributed by atoms with Crippen molar-refractivity contribution in [3.8, 4) is 12.3 Å². The van der Waals surface area contributed by atoms with E-state index in [1.54, 1.807) is 0 Å². The maximum atomic E-state index is 6.07. The summed E-state index contributed by atoms with van der Waals surface area (Å²) in [4.78, 5) is 0. The van der Waals surface area contributed by atoms with Crippen LogP contribution >= 0.6 is 11.8 Å². The summed E-state index contributed by atoms with van der Waals surface area (Å²) in [5.41, 5.74) is 1.82. The maximum Gasteiger partial charge on any atom is 0.0359 e. The van der Waals surface area contributed by atoms with Gasteiger partial charge in [-0.1, -0.05) is 59.1 Å². The van der Waals surface area contributed by atoms with Crippen molar-refractivity contribution in [1.29, 1.82) is 0 Å². The van der Waals surface area contributed by atoms with E-state index in [0.29, 0.717) is 17.3 Å². The molecule has 2 aliphatic rings. The van der Waals surface area contributed by atoms with E-state index >= 15 is 0 Å². The Morgan fingerprint density at radius 2 is 1.96 bits per heavy atom. The van der Waals surface area contributed by atoms with Crippen LogP contribution in [-0.2, 0) is 0 Å². The van der Waals surface area contributed by atoms with Crippen LogP contribution in [-0.4, -0.2) is 11.5 Å². The zero-order valence-electron chi connectivity index (χ0n) is 17.3. The molecule has 142 valence electrons. The third-order valence-corrected chi connectivity index (χ3v) is 8.84. The summed E-state index contributed by atoms with van der Waals surface area (Å²) in [6.07, 6.45) is 18.8. The molecular formula is C24H40S. The first-order valence-electron chi connectivity index (χ1n) is 10.6. The number of thioether (sulfide) groups is 1. The lowest BCUT2D eigenvalue weighted by atomic mass is 9.48. The number of terminal acetylenes is 1. The number of hydrogen-bond donors (Lipinski definition) is 0. The van der Waals surface area contributed by atoms with Crippen LogP contribution in [0, 0.1) is 47.3 Å². The fourth-order valence-electron chi connectivity index (χ4n) is 5.95. The fourth-order valence-corrected chi connectivity index (χ4v) is 7.00. The van der Waals surface area contributed by atoms with Gasteiger partial charge in [0.25, 0.3) is 0 Å². The predicted octanol–water partition coefficient (Wildman–Crippen LogP) is 7.20. The van der Waals surface area contributed by atoms with Crippen molar-refractivity contribution in [2.24, 2.45) is 35.0 Å². The monoisotopic (exact) mass is 360 g/mol. The molecule has 2 saturated carbocycles. The van der Waals surface area contributed by atoms with E-state index in [1.807, 2.05) is 11.8 Å². The summed E-state index contributed by atoms with van der Waals surface area (Å²) in [6.45, 7) is 14.1. The quantitative estimate of drug-likeness (QED) is 0.309. The normalized spacial score (nSPS) is 35.2. The summed E-state index contributed by atoms with van der Waals surface area (Å²) in [7, 11) is 0. The van der Waals surface area contributed by atoms with Crippen LogP contribution in [0.1, 0.15) is 79.1 Å². The van der Waals surface area contributed by atoms with Gasteiger partial charge in [0.2, 0.25) is 0 Å². The highest BCUT2D eigenvalue weighted by Gasteiger charge is 2.59. The van der Waals surface area contributed by atoms with E-state index < -0.39 is 0 Å². The van der Waals surface area contributed by atoms with Gasteiger partial charge in [-0.2, -0.15) is 11.8 Å². The minimum atomic E-state index is 0.297. The molecule has 0 radical (unpaired) electrons. The van der Waals surface area contributed by atoms with Gasteiger partial charge in [0.05, 0.1) is 0 Å². The molecule has 1 heteroatoms. The molecule has 0 aromatic heterocycles. The zero-order chi connectivity index (χ0) is 18.6. The Balaban J connectivity index is 2.02. The summed E-state index contributed by atoms with van der Waals surface area (Å²) in [6, 6.07) is 0. The predicted molar refractivity (Wildman–Crippen MR) is 115 cm³/mol. The Morgan fingerprint density at radius 3 is 2.52 bits per heavy atom. The lowest BCUT2D eigenvalue weighted by Crippen LogP contribution is -2.49. The van der Waals surface area contributed by atoms with Gasteiger partial charge in [0.1, 0.15) is 0 Å². The second-order valence-corrected chi connectivity index (χ2v) is 10.1. The topological polar surface area (TPSA) is 0 Å². The number of allylic oxidation sites excluding steroid dienone is 1. The number of rotatable bonds is 9. The van der Waals surface area contributed by atoms with Crippen molar-refractivity contribution in [2.45, 2.75) is 84.3 Å². The average Bonchev–Trinajstić information content (AvgIpc) is 3.07. The van der Waals surface area contributed by atoms with Crippen molar-refractivity contribution >= 4 is 11.8 Å². The molecule has 0 heterocycles. The summed E-state index contributed by atoms with van der Waals surface area (Å²) >= 11 is 2.04. The lowest BCUT2D eigenvalue weighted by Gasteiger charge is -2.55. The minimum Gasteiger partial charge on any atom is -0.162 e. The minimum absolute atomic E-state index is 0.297. The Hall–Kier alpha value is -0.350. The van der Waals surface area contributed by atoms with Crippen LogP contribution in [0.5, 0.6) is 0 Å². The van der Waals surface area contributed by atoms with Crippen LogP contribution in [0.15, 0.2) is 12.2 Å². The van der Waals surface area contributed by atoms with E-state index in [0.717, 1.165) is 23.0 Å². The fraction of sp³-hybridized carbons (Fsp3) is 0.833. The van der Waals surface area contributed by atoms with Crippen molar-refractivity contribution < 1.29 is 0 Å². The van der Waals surface area contributed by atoms with Crippen molar-refractivity contribution in [1.82, 2.24) is 0 Å². The lowest BCUT2D eigenvalue weighted by molar-refractivity contribution is 0.0761. The molecule has 0 amide bonds. The molecule has 0 N–H and O–H groups in total. The molecule has 0 nitrogen and oxygen atoms in total. The van der Waals surface area contributed by atoms with Crippen molar-refractivity contribution in [2.75, 3.05) is 6.26 Å². The van der Waals surface area contributed by atoms with Gasteiger partial charge < -0.3 is 0 Å². The third-order valence-electron chi connectivity index (χ3n) is 7.54. The van der Waals surface area contributed by atoms with Gasteiger partial charge in [0.15, 0.2) is 0 Å². The highest BCUT2D eigenvalue weighted by molar-refractivity contribution is 7.99. The molecule has 7 unspecified atom stereocenters. The van der Waals surface area contributed by atoms with Crippen molar-refractivity contribution in [3.05, 3.63) is 12.2 Å². The van der Waals surface area contributed by atoms with Gasteiger partial charge in [-0.25, -0.2) is 0 Å². The Kier molecular flexibility index (Phi) is 7.57. The first-order chi connectivity index (χ1) is 11.9. The van der Waals surface area contributed by atoms with Gasteiger partial charge in [-0.15, -0.1) is 12.3 Å². The second-order valence-electron chi connectivity index (χ2n) is 8.98. The number of hydrogen-bond acceptors (Lipinski definition) is 1. The molecule has 1 spiro atoms. The molecule has 0 saturated heterocycles. The first-order valence-corrected chi connectivity index (χ1v) is 11.9. The smallest absolute Gasteiger partial charge is 0.0359 e. The molecule has 2 rings (SSSR count). The standard InChI is InChI=1S/C24H40S/c1-8-11-17(4)20-13-14-24(16-20)19(6)21(22(24)10-3)15-18(5)23(25-7)12-9-2/h3,17-18,20-23H,6,8-9,11-16H2,1-2,4-5,7H3. The molecule has 2 fully saturated rings. The van der Waals surface area contributed by atoms with E-state index in [-0.39, 0.29) is 0 Å². The first kappa shape index (κ1) is 21.0. The SMILES string of the molecule is C#CC1C(CC(C)C(CCC)SC)C(=C)C12CCC(C(C)CCC)C2. The molecule has 0 aromatic rings. The van der Waals surface area contributed by atoms with Gasteiger partial charge >= 0.3 is 0 Å². The van der Waals surface area contributed by atoms with E-state index in [2.05, 4.69) is 46.5 Å². The molecule has 7 atom stereocenters. The van der Waals surface area contributed by atoms with Crippen LogP contribution in [0.3, 0.4) is 0 Å². The van der Waals surface area contributed by atoms with E-state index in [9.17, 15) is 0 Å². The van der Waals surface area contributed by atoms with Gasteiger partial charge in [-0.05, 0) is 62.0 Å². The largest absolute Gasteiger partial charge is 0.162 e. The van der Waals surface area contributed by atoms with E-state index in [4.69, 9.17) is 6.42 Å². The Bertz CT molecular complexity index is 487. The van der Waals surface area contributed by atoms with Crippen LogP contribution in [0.4, 0.5) is 0 Å². The molecule has 0 aromatic carbocycles. The maximum absolute atomic E-state index is 6.07. The summed E-state index contributed by atoms with van der Waals surface area (Å²) < 4.78 is 0. The molecule has 2 aliphatic carbocycles. The third kappa shape index (κ3) is 4.00. The molecular weight excluding hydrogens is 320 g/mol. The molecule has 0 bridgehead atoms. The Morgan fingerprint density at radius 1 is 1.28 bits per heavy atom. The van der Waals surface area contributed by atoms with Crippen LogP contribution in [0.2, 0.25) is 0 Å². The summed E-state index contributed by atoms with van der Waals surface area (Å²) in [5.74, 6) is 6.71. The highest BCUT2D eigenvalue weighted by Crippen LogP contribution is 2.66. The van der Waals surface area contributed by atoms with Crippen molar-refractivity contribution in [3.63, 3.8) is 0 Å². The zero-order valence-corrected chi connectivity index (χ0v) is 18.1. The van der Waals surface area contributed by atoms with Crippen LogP contribution < -0.4 is 0 Å². The van der Waals surface area contributed by atoms with Gasteiger partial charge in [-0.3, -0.25) is 0 Å². The van der Waals surface area contributed by atoms with Gasteiger partial charge in [0, 0.05) is 16.6 Å². The van der Waals surface area contributed by atoms with E-state index in [1.165, 1.54) is 56.9 Å². The second kappa shape index (κ2) is 9.03. The molecule has 0 aliphatic heterocycles.